The van der Waals surface area contributed by atoms with E-state index in [4.69, 9.17) is 0 Å². The molecule has 0 aromatic heterocycles. The second kappa shape index (κ2) is 5.79. The van der Waals surface area contributed by atoms with Crippen molar-refractivity contribution in [1.29, 1.82) is 0 Å². The van der Waals surface area contributed by atoms with E-state index in [-0.39, 0.29) is 17.2 Å². The Balaban J connectivity index is 1.87. The van der Waals surface area contributed by atoms with Crippen molar-refractivity contribution in [2.24, 2.45) is 0 Å². The minimum absolute atomic E-state index is 0.101. The van der Waals surface area contributed by atoms with Crippen molar-refractivity contribution in [2.75, 3.05) is 19.3 Å². The zero-order valence-electron chi connectivity index (χ0n) is 11.8. The smallest absolute Gasteiger partial charge is 0.219 e. The second-order valence-electron chi connectivity index (χ2n) is 5.85. The molecule has 0 spiro atoms. The number of carbonyl (C=O) groups excluding carboxylic acids is 1. The molecule has 1 saturated heterocycles. The average Bonchev–Trinajstić information content (AvgIpc) is 2.77. The summed E-state index contributed by atoms with van der Waals surface area (Å²) in [5.41, 5.74) is 0. The van der Waals surface area contributed by atoms with Gasteiger partial charge >= 0.3 is 0 Å². The van der Waals surface area contributed by atoms with Crippen molar-refractivity contribution in [3.63, 3.8) is 0 Å². The van der Waals surface area contributed by atoms with Crippen LogP contribution in [0.5, 0.6) is 0 Å². The quantitative estimate of drug-likeness (QED) is 0.824. The molecule has 1 aliphatic carbocycles. The summed E-state index contributed by atoms with van der Waals surface area (Å²) in [6.07, 6.45) is 5.91. The lowest BCUT2D eigenvalue weighted by molar-refractivity contribution is -0.129. The van der Waals surface area contributed by atoms with Gasteiger partial charge in [0.2, 0.25) is 5.91 Å². The molecule has 110 valence electrons. The molecule has 19 heavy (non-hydrogen) atoms. The lowest BCUT2D eigenvalue weighted by Crippen LogP contribution is -2.50. The number of carbonyl (C=O) groups is 1. The molecule has 1 amide bonds. The lowest BCUT2D eigenvalue weighted by Gasteiger charge is -2.34. The van der Waals surface area contributed by atoms with Crippen LogP contribution >= 0.6 is 0 Å². The van der Waals surface area contributed by atoms with Gasteiger partial charge in [-0.3, -0.25) is 4.79 Å². The van der Waals surface area contributed by atoms with E-state index >= 15 is 0 Å². The van der Waals surface area contributed by atoms with Gasteiger partial charge in [0.1, 0.15) is 0 Å². The summed E-state index contributed by atoms with van der Waals surface area (Å²) in [5.74, 6) is 0.133. The van der Waals surface area contributed by atoms with E-state index in [9.17, 15) is 13.2 Å². The van der Waals surface area contributed by atoms with Gasteiger partial charge in [0.05, 0.1) is 5.25 Å². The molecule has 1 heterocycles. The molecule has 0 radical (unpaired) electrons. The van der Waals surface area contributed by atoms with Crippen LogP contribution in [0.25, 0.3) is 0 Å². The van der Waals surface area contributed by atoms with Crippen molar-refractivity contribution < 1.29 is 13.2 Å². The van der Waals surface area contributed by atoms with Gasteiger partial charge in [-0.15, -0.1) is 0 Å². The monoisotopic (exact) mass is 288 g/mol. The maximum atomic E-state index is 11.7. The highest BCUT2D eigenvalue weighted by Crippen LogP contribution is 2.26. The molecule has 2 rings (SSSR count). The molecular weight excluding hydrogens is 264 g/mol. The molecule has 2 aliphatic rings. The van der Waals surface area contributed by atoms with Crippen LogP contribution in [0.15, 0.2) is 0 Å². The van der Waals surface area contributed by atoms with Crippen LogP contribution in [0.3, 0.4) is 0 Å². The molecule has 2 fully saturated rings. The van der Waals surface area contributed by atoms with E-state index in [0.717, 1.165) is 45.2 Å². The van der Waals surface area contributed by atoms with Gasteiger partial charge in [0, 0.05) is 38.4 Å². The summed E-state index contributed by atoms with van der Waals surface area (Å²) in [6, 6.07) is 0.451. The van der Waals surface area contributed by atoms with E-state index in [1.807, 2.05) is 4.90 Å². The minimum atomic E-state index is -2.95. The van der Waals surface area contributed by atoms with E-state index in [1.54, 1.807) is 6.92 Å². The summed E-state index contributed by atoms with van der Waals surface area (Å²) >= 11 is 0. The Morgan fingerprint density at radius 3 is 2.32 bits per heavy atom. The maximum absolute atomic E-state index is 11.7. The first-order valence-corrected chi connectivity index (χ1v) is 9.04. The predicted molar refractivity (Wildman–Crippen MR) is 74.7 cm³/mol. The minimum Gasteiger partial charge on any atom is -0.343 e. The van der Waals surface area contributed by atoms with Crippen LogP contribution in [0.4, 0.5) is 0 Å². The Kier molecular flexibility index (Phi) is 4.50. The van der Waals surface area contributed by atoms with Crippen LogP contribution in [0.1, 0.15) is 39.0 Å². The van der Waals surface area contributed by atoms with Crippen LogP contribution in [-0.4, -0.2) is 55.9 Å². The first-order valence-electron chi connectivity index (χ1n) is 7.08. The molecule has 0 aromatic carbocycles. The Bertz CT molecular complexity index is 427. The highest BCUT2D eigenvalue weighted by Gasteiger charge is 2.36. The number of nitrogens with one attached hydrogen (secondary N) is 1. The van der Waals surface area contributed by atoms with E-state index in [0.29, 0.717) is 6.04 Å². The zero-order valence-corrected chi connectivity index (χ0v) is 12.6. The Labute approximate surface area is 115 Å². The maximum Gasteiger partial charge on any atom is 0.219 e. The predicted octanol–water partition coefficient (Wildman–Crippen LogP) is 0.553. The van der Waals surface area contributed by atoms with Gasteiger partial charge in [-0.05, 0) is 25.7 Å². The van der Waals surface area contributed by atoms with Gasteiger partial charge < -0.3 is 10.2 Å². The van der Waals surface area contributed by atoms with Crippen LogP contribution < -0.4 is 5.32 Å². The average molecular weight is 288 g/mol. The number of hydrogen-bond acceptors (Lipinski definition) is 4. The number of hydrogen-bond donors (Lipinski definition) is 1. The molecule has 2 unspecified atom stereocenters. The number of rotatable bonds is 3. The third-order valence-electron chi connectivity index (χ3n) is 4.39. The van der Waals surface area contributed by atoms with Crippen LogP contribution in [-0.2, 0) is 14.6 Å². The SMILES string of the molecule is CC(=O)N1CCC(NC2CCCC2S(C)(=O)=O)CC1. The topological polar surface area (TPSA) is 66.5 Å². The summed E-state index contributed by atoms with van der Waals surface area (Å²) in [7, 11) is -2.95. The van der Waals surface area contributed by atoms with E-state index in [2.05, 4.69) is 5.32 Å². The van der Waals surface area contributed by atoms with Crippen LogP contribution in [0, 0.1) is 0 Å². The lowest BCUT2D eigenvalue weighted by atomic mass is 10.0. The number of nitrogens with zero attached hydrogens (tertiary/aromatic N) is 1. The summed E-state index contributed by atoms with van der Waals surface area (Å²) in [6.45, 7) is 3.16. The Hall–Kier alpha value is -0.620. The van der Waals surface area contributed by atoms with Crippen molar-refractivity contribution >= 4 is 15.7 Å². The van der Waals surface area contributed by atoms with Gasteiger partial charge in [-0.1, -0.05) is 6.42 Å². The van der Waals surface area contributed by atoms with E-state index in [1.165, 1.54) is 6.26 Å². The van der Waals surface area contributed by atoms with Crippen molar-refractivity contribution in [3.8, 4) is 0 Å². The van der Waals surface area contributed by atoms with Crippen LogP contribution in [0.2, 0.25) is 0 Å². The number of amides is 1. The fraction of sp³-hybridized carbons (Fsp3) is 0.923. The number of likely N-dealkylation sites (tertiary alicyclic amines) is 1. The van der Waals surface area contributed by atoms with Crippen molar-refractivity contribution in [3.05, 3.63) is 0 Å². The van der Waals surface area contributed by atoms with Gasteiger partial charge in [-0.2, -0.15) is 0 Å². The molecule has 1 N–H and O–H groups in total. The molecule has 2 atom stereocenters. The first-order chi connectivity index (χ1) is 8.88. The molecule has 0 aromatic rings. The number of piperidine rings is 1. The third kappa shape index (κ3) is 3.69. The van der Waals surface area contributed by atoms with Crippen molar-refractivity contribution in [2.45, 2.75) is 56.4 Å². The fourth-order valence-electron chi connectivity index (χ4n) is 3.29. The summed E-state index contributed by atoms with van der Waals surface area (Å²) in [5, 5.41) is 3.29. The van der Waals surface area contributed by atoms with Gasteiger partial charge in [0.15, 0.2) is 9.84 Å². The molecule has 0 bridgehead atoms. The highest BCUT2D eigenvalue weighted by molar-refractivity contribution is 7.91. The molecule has 5 nitrogen and oxygen atoms in total. The fourth-order valence-corrected chi connectivity index (χ4v) is 4.70. The molecule has 1 aliphatic heterocycles. The normalized spacial score (nSPS) is 29.7. The van der Waals surface area contributed by atoms with Gasteiger partial charge in [0.25, 0.3) is 0 Å². The molecule has 1 saturated carbocycles. The standard InChI is InChI=1S/C13H24N2O3S/c1-10(16)15-8-6-11(7-9-15)14-12-4-3-5-13(12)19(2,17)18/h11-14H,3-9H2,1-2H3. The van der Waals surface area contributed by atoms with E-state index < -0.39 is 9.84 Å². The first kappa shape index (κ1) is 14.8. The summed E-state index contributed by atoms with van der Waals surface area (Å²) < 4.78 is 23.5. The molecular formula is C13H24N2O3S. The van der Waals surface area contributed by atoms with Crippen molar-refractivity contribution in [1.82, 2.24) is 10.2 Å². The molecule has 6 heteroatoms. The second-order valence-corrected chi connectivity index (χ2v) is 8.12. The highest BCUT2D eigenvalue weighted by atomic mass is 32.2. The summed E-state index contributed by atoms with van der Waals surface area (Å²) in [4.78, 5) is 13.1. The largest absolute Gasteiger partial charge is 0.343 e. The Morgan fingerprint density at radius 2 is 1.79 bits per heavy atom. The number of sulfone groups is 1. The third-order valence-corrected chi connectivity index (χ3v) is 6.06. The zero-order chi connectivity index (χ0) is 14.0. The van der Waals surface area contributed by atoms with Gasteiger partial charge in [-0.25, -0.2) is 8.42 Å². The Morgan fingerprint density at radius 1 is 1.16 bits per heavy atom.